The van der Waals surface area contributed by atoms with E-state index in [1.165, 1.54) is 17.4 Å². The lowest BCUT2D eigenvalue weighted by atomic mass is 9.90. The first kappa shape index (κ1) is 18.4. The monoisotopic (exact) mass is 384 g/mol. The Morgan fingerprint density at radius 1 is 1.55 bits per heavy atom. The third-order valence-corrected chi connectivity index (χ3v) is 4.70. The van der Waals surface area contributed by atoms with E-state index >= 15 is 0 Å². The number of hydrogen-bond acceptors (Lipinski definition) is 5. The number of thiophene rings is 1. The Kier molecular flexibility index (Phi) is 6.78. The van der Waals surface area contributed by atoms with Crippen LogP contribution in [0.4, 0.5) is 0 Å². The maximum absolute atomic E-state index is 11.7. The number of carbonyl (C=O) groups is 2. The van der Waals surface area contributed by atoms with Crippen LogP contribution in [0.3, 0.4) is 0 Å². The molecule has 0 fully saturated rings. The van der Waals surface area contributed by atoms with Crippen molar-refractivity contribution in [2.45, 2.75) is 26.3 Å². The quantitative estimate of drug-likeness (QED) is 0.603. The first-order valence-corrected chi connectivity index (χ1v) is 8.20. The van der Waals surface area contributed by atoms with E-state index in [1.807, 2.05) is 26.0 Å². The van der Waals surface area contributed by atoms with Gasteiger partial charge in [0.2, 0.25) is 0 Å². The number of ether oxygens (including phenoxy) is 1. The van der Waals surface area contributed by atoms with E-state index in [1.54, 1.807) is 13.0 Å². The summed E-state index contributed by atoms with van der Waals surface area (Å²) in [7, 11) is 0. The maximum Gasteiger partial charge on any atom is 0.331 e. The summed E-state index contributed by atoms with van der Waals surface area (Å²) < 4.78 is 5.81. The highest BCUT2D eigenvalue weighted by Crippen LogP contribution is 2.22. The Balaban J connectivity index is 2.45. The van der Waals surface area contributed by atoms with E-state index in [0.717, 1.165) is 8.66 Å². The van der Waals surface area contributed by atoms with Gasteiger partial charge in [-0.15, -0.1) is 11.3 Å². The molecule has 0 bridgehead atoms. The highest BCUT2D eigenvalue weighted by atomic mass is 79.9. The Morgan fingerprint density at radius 2 is 2.23 bits per heavy atom. The van der Waals surface area contributed by atoms with Gasteiger partial charge in [-0.05, 0) is 47.0 Å². The Labute approximate surface area is 142 Å². The second-order valence-electron chi connectivity index (χ2n) is 5.10. The van der Waals surface area contributed by atoms with Gasteiger partial charge in [0, 0.05) is 11.0 Å². The predicted octanol–water partition coefficient (Wildman–Crippen LogP) is 3.12. The van der Waals surface area contributed by atoms with Crippen molar-refractivity contribution >= 4 is 45.2 Å². The van der Waals surface area contributed by atoms with Crippen molar-refractivity contribution in [1.82, 2.24) is 5.32 Å². The van der Waals surface area contributed by atoms with Gasteiger partial charge in [-0.25, -0.2) is 4.79 Å². The Hall–Kier alpha value is -1.65. The molecule has 0 saturated heterocycles. The molecule has 1 atom stereocenters. The van der Waals surface area contributed by atoms with Crippen molar-refractivity contribution in [3.8, 4) is 6.07 Å². The van der Waals surface area contributed by atoms with Crippen LogP contribution in [-0.2, 0) is 14.3 Å². The molecule has 0 unspecified atom stereocenters. The van der Waals surface area contributed by atoms with Crippen LogP contribution < -0.4 is 5.32 Å². The summed E-state index contributed by atoms with van der Waals surface area (Å²) in [6.45, 7) is 4.88. The molecule has 1 N–H and O–H groups in total. The molecule has 5 nitrogen and oxygen atoms in total. The largest absolute Gasteiger partial charge is 0.452 e. The minimum absolute atomic E-state index is 0.0608. The molecule has 0 aliphatic carbocycles. The molecule has 118 valence electrons. The summed E-state index contributed by atoms with van der Waals surface area (Å²) >= 11 is 4.80. The number of nitriles is 1. The standard InChI is InChI=1S/C15H17BrN2O3S/c1-10(2)15(3,9-17)18-13(19)8-21-14(20)7-5-11-4-6-12(16)22-11/h4-7,10H,8H2,1-3H3,(H,18,19)/b7-5+/t15-/m1/s1. The molecule has 1 amide bonds. The average molecular weight is 385 g/mol. The van der Waals surface area contributed by atoms with E-state index in [9.17, 15) is 9.59 Å². The molecule has 0 aromatic carbocycles. The SMILES string of the molecule is CC(C)[C@@](C)(C#N)NC(=O)COC(=O)/C=C/c1ccc(Br)s1. The van der Waals surface area contributed by atoms with Crippen molar-refractivity contribution in [2.24, 2.45) is 5.92 Å². The number of esters is 1. The van der Waals surface area contributed by atoms with E-state index in [2.05, 4.69) is 27.3 Å². The number of amides is 1. The molecular weight excluding hydrogens is 368 g/mol. The average Bonchev–Trinajstić information content (AvgIpc) is 2.88. The smallest absolute Gasteiger partial charge is 0.331 e. The summed E-state index contributed by atoms with van der Waals surface area (Å²) in [6, 6.07) is 5.78. The Bertz CT molecular complexity index is 619. The second-order valence-corrected chi connectivity index (χ2v) is 7.59. The fourth-order valence-corrected chi connectivity index (χ4v) is 2.71. The first-order chi connectivity index (χ1) is 10.3. The van der Waals surface area contributed by atoms with E-state index in [0.29, 0.717) is 0 Å². The van der Waals surface area contributed by atoms with Crippen molar-refractivity contribution in [2.75, 3.05) is 6.61 Å². The zero-order chi connectivity index (χ0) is 16.8. The zero-order valence-corrected chi connectivity index (χ0v) is 15.0. The molecule has 1 aromatic rings. The molecule has 0 spiro atoms. The Morgan fingerprint density at radius 3 is 2.73 bits per heavy atom. The van der Waals surface area contributed by atoms with Crippen molar-refractivity contribution in [3.63, 3.8) is 0 Å². The molecule has 0 radical (unpaired) electrons. The summed E-state index contributed by atoms with van der Waals surface area (Å²) in [5, 5.41) is 11.7. The molecule has 0 saturated carbocycles. The molecule has 1 aromatic heterocycles. The fourth-order valence-electron chi connectivity index (χ4n) is 1.38. The van der Waals surface area contributed by atoms with Crippen LogP contribution in [0.1, 0.15) is 25.6 Å². The minimum Gasteiger partial charge on any atom is -0.452 e. The first-order valence-electron chi connectivity index (χ1n) is 6.59. The highest BCUT2D eigenvalue weighted by Gasteiger charge is 2.30. The number of nitrogens with one attached hydrogen (secondary N) is 1. The molecule has 1 rings (SSSR count). The predicted molar refractivity (Wildman–Crippen MR) is 89.0 cm³/mol. The lowest BCUT2D eigenvalue weighted by Gasteiger charge is -2.27. The van der Waals surface area contributed by atoms with Crippen LogP contribution in [0, 0.1) is 17.2 Å². The van der Waals surface area contributed by atoms with Gasteiger partial charge < -0.3 is 10.1 Å². The number of rotatable bonds is 6. The van der Waals surface area contributed by atoms with E-state index < -0.39 is 24.0 Å². The van der Waals surface area contributed by atoms with Gasteiger partial charge in [0.15, 0.2) is 6.61 Å². The summed E-state index contributed by atoms with van der Waals surface area (Å²) in [6.07, 6.45) is 2.88. The second kappa shape index (κ2) is 8.11. The van der Waals surface area contributed by atoms with Gasteiger partial charge in [0.1, 0.15) is 5.54 Å². The van der Waals surface area contributed by atoms with Gasteiger partial charge in [0.05, 0.1) is 9.86 Å². The van der Waals surface area contributed by atoms with Gasteiger partial charge in [-0.3, -0.25) is 4.79 Å². The summed E-state index contributed by atoms with van der Waals surface area (Å²) in [4.78, 5) is 24.2. The highest BCUT2D eigenvalue weighted by molar-refractivity contribution is 9.11. The maximum atomic E-state index is 11.7. The zero-order valence-electron chi connectivity index (χ0n) is 12.6. The topological polar surface area (TPSA) is 79.2 Å². The van der Waals surface area contributed by atoms with Crippen LogP contribution >= 0.6 is 27.3 Å². The van der Waals surface area contributed by atoms with Crippen LogP contribution in [0.15, 0.2) is 22.0 Å². The lowest BCUT2D eigenvalue weighted by molar-refractivity contribution is -0.144. The molecule has 0 aliphatic rings. The van der Waals surface area contributed by atoms with E-state index in [4.69, 9.17) is 10.00 Å². The van der Waals surface area contributed by atoms with Crippen LogP contribution in [0.2, 0.25) is 0 Å². The van der Waals surface area contributed by atoms with Gasteiger partial charge in [0.25, 0.3) is 5.91 Å². The molecular formula is C15H17BrN2O3S. The number of carbonyl (C=O) groups excluding carboxylic acids is 2. The number of hydrogen-bond donors (Lipinski definition) is 1. The summed E-state index contributed by atoms with van der Waals surface area (Å²) in [5.74, 6) is -1.17. The molecule has 22 heavy (non-hydrogen) atoms. The minimum atomic E-state index is -0.984. The number of halogens is 1. The van der Waals surface area contributed by atoms with Gasteiger partial charge >= 0.3 is 5.97 Å². The van der Waals surface area contributed by atoms with Crippen LogP contribution in [0.5, 0.6) is 0 Å². The molecule has 7 heteroatoms. The lowest BCUT2D eigenvalue weighted by Crippen LogP contribution is -2.50. The third-order valence-electron chi connectivity index (χ3n) is 3.11. The van der Waals surface area contributed by atoms with Crippen molar-refractivity contribution in [1.29, 1.82) is 5.26 Å². The normalized spacial score (nSPS) is 13.6. The van der Waals surface area contributed by atoms with Gasteiger partial charge in [-0.1, -0.05) is 13.8 Å². The van der Waals surface area contributed by atoms with Gasteiger partial charge in [-0.2, -0.15) is 5.26 Å². The molecule has 0 aliphatic heterocycles. The third kappa shape index (κ3) is 5.62. The van der Waals surface area contributed by atoms with E-state index in [-0.39, 0.29) is 5.92 Å². The number of nitrogens with zero attached hydrogens (tertiary/aromatic N) is 1. The molecule has 1 heterocycles. The fraction of sp³-hybridized carbons (Fsp3) is 0.400. The summed E-state index contributed by atoms with van der Waals surface area (Å²) in [5.41, 5.74) is -0.984. The van der Waals surface area contributed by atoms with Crippen molar-refractivity contribution in [3.05, 3.63) is 26.9 Å². The van der Waals surface area contributed by atoms with Crippen LogP contribution in [0.25, 0.3) is 6.08 Å². The van der Waals surface area contributed by atoms with Crippen molar-refractivity contribution < 1.29 is 14.3 Å². The van der Waals surface area contributed by atoms with Crippen LogP contribution in [-0.4, -0.2) is 24.0 Å².